The van der Waals surface area contributed by atoms with Crippen molar-refractivity contribution in [1.29, 1.82) is 0 Å². The molecule has 2 aromatic carbocycles. The van der Waals surface area contributed by atoms with Gasteiger partial charge in [-0.1, -0.05) is 48.0 Å². The highest BCUT2D eigenvalue weighted by atomic mass is 35.5. The first kappa shape index (κ1) is 17.2. The summed E-state index contributed by atoms with van der Waals surface area (Å²) in [5.74, 6) is -0.431. The minimum atomic E-state index is -0.507. The van der Waals surface area contributed by atoms with Crippen molar-refractivity contribution in [3.8, 4) is 0 Å². The van der Waals surface area contributed by atoms with Gasteiger partial charge in [-0.05, 0) is 30.2 Å². The topological polar surface area (TPSA) is 61.4 Å². The van der Waals surface area contributed by atoms with E-state index >= 15 is 0 Å². The molecule has 4 nitrogen and oxygen atoms in total. The Bertz CT molecular complexity index is 667. The molecule has 6 heteroatoms. The molecule has 0 aliphatic rings. The second kappa shape index (κ2) is 7.94. The number of benzene rings is 2. The minimum absolute atomic E-state index is 0.219. The molecule has 122 valence electrons. The molecule has 23 heavy (non-hydrogen) atoms. The van der Waals surface area contributed by atoms with Crippen LogP contribution >= 0.6 is 11.6 Å². The van der Waals surface area contributed by atoms with Crippen molar-refractivity contribution < 1.29 is 14.3 Å². The van der Waals surface area contributed by atoms with Crippen molar-refractivity contribution in [3.63, 3.8) is 0 Å². The van der Waals surface area contributed by atoms with Crippen molar-refractivity contribution in [2.24, 2.45) is 0 Å². The van der Waals surface area contributed by atoms with Crippen molar-refractivity contribution in [2.75, 3.05) is 6.61 Å². The van der Waals surface area contributed by atoms with Gasteiger partial charge in [0.2, 0.25) is 0 Å². The standard InChI is InChI=1S/C17H18ClFN2O2/c1-11(14-8-7-13(19)9-15(14)18)20-17(23)21-16(10-22)12-5-3-2-4-6-12/h2-9,11,16,22H,10H2,1H3,(H2,20,21,23). The number of carbonyl (C=O) groups is 1. The first-order valence-electron chi connectivity index (χ1n) is 7.19. The number of nitrogens with one attached hydrogen (secondary N) is 2. The van der Waals surface area contributed by atoms with E-state index < -0.39 is 23.9 Å². The van der Waals surface area contributed by atoms with Crippen molar-refractivity contribution in [2.45, 2.75) is 19.0 Å². The molecule has 2 atom stereocenters. The van der Waals surface area contributed by atoms with Gasteiger partial charge in [0, 0.05) is 5.02 Å². The lowest BCUT2D eigenvalue weighted by Crippen LogP contribution is -2.40. The van der Waals surface area contributed by atoms with E-state index in [9.17, 15) is 14.3 Å². The van der Waals surface area contributed by atoms with Crippen LogP contribution in [0.2, 0.25) is 5.02 Å². The summed E-state index contributed by atoms with van der Waals surface area (Å²) in [6.45, 7) is 1.53. The van der Waals surface area contributed by atoms with Gasteiger partial charge in [0.05, 0.1) is 18.7 Å². The zero-order valence-corrected chi connectivity index (χ0v) is 13.3. The Kier molecular flexibility index (Phi) is 5.96. The van der Waals surface area contributed by atoms with E-state index in [2.05, 4.69) is 10.6 Å². The number of amides is 2. The van der Waals surface area contributed by atoms with Crippen molar-refractivity contribution in [3.05, 3.63) is 70.5 Å². The lowest BCUT2D eigenvalue weighted by atomic mass is 10.1. The Labute approximate surface area is 139 Å². The zero-order valence-electron chi connectivity index (χ0n) is 12.6. The van der Waals surface area contributed by atoms with Gasteiger partial charge in [0.25, 0.3) is 0 Å². The summed E-state index contributed by atoms with van der Waals surface area (Å²) in [5, 5.41) is 15.1. The molecule has 0 aliphatic heterocycles. The number of hydrogen-bond acceptors (Lipinski definition) is 2. The van der Waals surface area contributed by atoms with E-state index in [1.54, 1.807) is 6.92 Å². The van der Waals surface area contributed by atoms with Crippen LogP contribution in [0.1, 0.15) is 30.1 Å². The molecule has 0 spiro atoms. The lowest BCUT2D eigenvalue weighted by Gasteiger charge is -2.20. The largest absolute Gasteiger partial charge is 0.394 e. The molecule has 0 aromatic heterocycles. The van der Waals surface area contributed by atoms with Crippen LogP contribution in [0.15, 0.2) is 48.5 Å². The molecular weight excluding hydrogens is 319 g/mol. The Morgan fingerprint density at radius 1 is 1.22 bits per heavy atom. The fraction of sp³-hybridized carbons (Fsp3) is 0.235. The van der Waals surface area contributed by atoms with E-state index in [0.717, 1.165) is 5.56 Å². The normalized spacial score (nSPS) is 13.2. The maximum atomic E-state index is 13.1. The Morgan fingerprint density at radius 2 is 1.91 bits per heavy atom. The monoisotopic (exact) mass is 336 g/mol. The third kappa shape index (κ3) is 4.68. The number of hydrogen-bond donors (Lipinski definition) is 3. The minimum Gasteiger partial charge on any atom is -0.394 e. The second-order valence-corrected chi connectivity index (χ2v) is 5.56. The average Bonchev–Trinajstić information content (AvgIpc) is 2.53. The molecule has 0 heterocycles. The van der Waals surface area contributed by atoms with Gasteiger partial charge in [0.1, 0.15) is 5.82 Å². The number of aliphatic hydroxyl groups is 1. The predicted molar refractivity (Wildman–Crippen MR) is 87.8 cm³/mol. The first-order chi connectivity index (χ1) is 11.0. The predicted octanol–water partition coefficient (Wildman–Crippen LogP) is 3.57. The van der Waals surface area contributed by atoms with Gasteiger partial charge in [-0.15, -0.1) is 0 Å². The van der Waals surface area contributed by atoms with E-state index in [0.29, 0.717) is 5.56 Å². The van der Waals surface area contributed by atoms with E-state index in [-0.39, 0.29) is 11.6 Å². The molecule has 0 fully saturated rings. The summed E-state index contributed by atoms with van der Waals surface area (Å²) in [4.78, 5) is 12.1. The Balaban J connectivity index is 2.00. The maximum absolute atomic E-state index is 13.1. The highest BCUT2D eigenvalue weighted by Crippen LogP contribution is 2.23. The quantitative estimate of drug-likeness (QED) is 0.781. The smallest absolute Gasteiger partial charge is 0.315 e. The van der Waals surface area contributed by atoms with Crippen LogP contribution in [0, 0.1) is 5.82 Å². The molecule has 2 rings (SSSR count). The van der Waals surface area contributed by atoms with Crippen LogP contribution in [0.25, 0.3) is 0 Å². The van der Waals surface area contributed by atoms with Crippen LogP contribution in [0.5, 0.6) is 0 Å². The number of urea groups is 1. The summed E-state index contributed by atoms with van der Waals surface area (Å²) >= 11 is 5.99. The third-order valence-corrected chi connectivity index (χ3v) is 3.79. The number of carbonyl (C=O) groups excluding carboxylic acids is 1. The number of aliphatic hydroxyl groups excluding tert-OH is 1. The van der Waals surface area contributed by atoms with Crippen molar-refractivity contribution >= 4 is 17.6 Å². The SMILES string of the molecule is CC(NC(=O)NC(CO)c1ccccc1)c1ccc(F)cc1Cl. The van der Waals surface area contributed by atoms with Gasteiger partial charge in [-0.2, -0.15) is 0 Å². The molecule has 0 bridgehead atoms. The van der Waals surface area contributed by atoms with E-state index in [1.807, 2.05) is 30.3 Å². The Morgan fingerprint density at radius 3 is 2.52 bits per heavy atom. The fourth-order valence-electron chi connectivity index (χ4n) is 2.25. The average molecular weight is 337 g/mol. The highest BCUT2D eigenvalue weighted by molar-refractivity contribution is 6.31. The fourth-order valence-corrected chi connectivity index (χ4v) is 2.58. The number of rotatable bonds is 5. The summed E-state index contributed by atoms with van der Waals surface area (Å²) in [5.41, 5.74) is 1.42. The highest BCUT2D eigenvalue weighted by Gasteiger charge is 2.17. The molecule has 2 unspecified atom stereocenters. The van der Waals surface area contributed by atoms with Gasteiger partial charge in [0.15, 0.2) is 0 Å². The molecule has 0 radical (unpaired) electrons. The van der Waals surface area contributed by atoms with Crippen LogP contribution < -0.4 is 10.6 Å². The zero-order chi connectivity index (χ0) is 16.8. The van der Waals surface area contributed by atoms with Crippen LogP contribution in [0.4, 0.5) is 9.18 Å². The molecule has 0 aliphatic carbocycles. The maximum Gasteiger partial charge on any atom is 0.315 e. The lowest BCUT2D eigenvalue weighted by molar-refractivity contribution is 0.214. The van der Waals surface area contributed by atoms with Crippen LogP contribution in [0.3, 0.4) is 0 Å². The second-order valence-electron chi connectivity index (χ2n) is 5.15. The summed E-state index contributed by atoms with van der Waals surface area (Å²) < 4.78 is 13.1. The van der Waals surface area contributed by atoms with Gasteiger partial charge in [-0.25, -0.2) is 9.18 Å². The molecular formula is C17H18ClFN2O2. The summed E-state index contributed by atoms with van der Waals surface area (Å²) in [7, 11) is 0. The van der Waals surface area contributed by atoms with Gasteiger partial charge >= 0.3 is 6.03 Å². The van der Waals surface area contributed by atoms with Crippen LogP contribution in [-0.4, -0.2) is 17.7 Å². The van der Waals surface area contributed by atoms with E-state index in [4.69, 9.17) is 11.6 Å². The summed E-state index contributed by atoms with van der Waals surface area (Å²) in [6, 6.07) is 11.8. The molecule has 3 N–H and O–H groups in total. The molecule has 2 aromatic rings. The number of halogens is 2. The van der Waals surface area contributed by atoms with Gasteiger partial charge in [-0.3, -0.25) is 0 Å². The first-order valence-corrected chi connectivity index (χ1v) is 7.57. The Hall–Kier alpha value is -2.11. The van der Waals surface area contributed by atoms with Crippen LogP contribution in [-0.2, 0) is 0 Å². The molecule has 0 saturated carbocycles. The van der Waals surface area contributed by atoms with Crippen molar-refractivity contribution in [1.82, 2.24) is 10.6 Å². The molecule has 2 amide bonds. The van der Waals surface area contributed by atoms with Gasteiger partial charge < -0.3 is 15.7 Å². The third-order valence-electron chi connectivity index (χ3n) is 3.47. The summed E-state index contributed by atoms with van der Waals surface area (Å²) in [6.07, 6.45) is 0. The molecule has 0 saturated heterocycles. The van der Waals surface area contributed by atoms with E-state index in [1.165, 1.54) is 18.2 Å².